The van der Waals surface area contributed by atoms with Crippen LogP contribution in [0.5, 0.6) is 0 Å². The van der Waals surface area contributed by atoms with Crippen LogP contribution in [0.25, 0.3) is 10.9 Å². The first-order chi connectivity index (χ1) is 14.3. The molecular formula is C21H22N2O6S. The average Bonchev–Trinajstić information content (AvgIpc) is 3.17. The Bertz CT molecular complexity index is 1170. The number of aromatic nitrogens is 1. The molecule has 158 valence electrons. The largest absolute Gasteiger partial charge is 0.467 e. The minimum absolute atomic E-state index is 0.141. The Balaban J connectivity index is 2.16. The van der Waals surface area contributed by atoms with Crippen molar-refractivity contribution in [3.05, 3.63) is 66.4 Å². The molecule has 0 spiro atoms. The lowest BCUT2D eigenvalue weighted by molar-refractivity contribution is -0.143. The van der Waals surface area contributed by atoms with Crippen LogP contribution < -0.4 is 5.32 Å². The lowest BCUT2D eigenvalue weighted by Gasteiger charge is -2.22. The highest BCUT2D eigenvalue weighted by Gasteiger charge is 2.32. The van der Waals surface area contributed by atoms with E-state index in [0.29, 0.717) is 16.5 Å². The van der Waals surface area contributed by atoms with Crippen molar-refractivity contribution in [2.75, 3.05) is 14.2 Å². The minimum atomic E-state index is -3.87. The van der Waals surface area contributed by atoms with Crippen LogP contribution in [-0.4, -0.2) is 44.7 Å². The van der Waals surface area contributed by atoms with Crippen LogP contribution >= 0.6 is 0 Å². The molecule has 0 saturated heterocycles. The molecule has 1 aromatic heterocycles. The van der Waals surface area contributed by atoms with E-state index in [1.807, 2.05) is 0 Å². The molecule has 0 aliphatic carbocycles. The van der Waals surface area contributed by atoms with Gasteiger partial charge in [0.05, 0.1) is 24.6 Å². The van der Waals surface area contributed by atoms with E-state index >= 15 is 0 Å². The molecule has 30 heavy (non-hydrogen) atoms. The van der Waals surface area contributed by atoms with Gasteiger partial charge in [0.2, 0.25) is 0 Å². The zero-order valence-electron chi connectivity index (χ0n) is 16.7. The number of fused-ring (bicyclic) bond motifs is 1. The number of para-hydroxylation sites is 1. The number of hydrogen-bond donors (Lipinski definition) is 1. The summed E-state index contributed by atoms with van der Waals surface area (Å²) < 4.78 is 37.1. The smallest absolute Gasteiger partial charge is 0.407 e. The van der Waals surface area contributed by atoms with Crippen molar-refractivity contribution >= 4 is 33.0 Å². The van der Waals surface area contributed by atoms with Crippen LogP contribution in [0.2, 0.25) is 0 Å². The third-order valence-corrected chi connectivity index (χ3v) is 6.60. The number of ether oxygens (including phenoxy) is 2. The summed E-state index contributed by atoms with van der Waals surface area (Å²) in [5, 5.41) is 3.11. The Morgan fingerprint density at radius 2 is 1.60 bits per heavy atom. The molecule has 0 aliphatic rings. The molecule has 0 saturated carbocycles. The summed E-state index contributed by atoms with van der Waals surface area (Å²) in [6, 6.07) is 14.0. The molecule has 1 heterocycles. The van der Waals surface area contributed by atoms with Crippen LogP contribution in [-0.2, 0) is 24.3 Å². The van der Waals surface area contributed by atoms with Gasteiger partial charge in [0.1, 0.15) is 6.04 Å². The molecule has 2 aromatic carbocycles. The summed E-state index contributed by atoms with van der Waals surface area (Å²) in [5.41, 5.74) is 1.03. The highest BCUT2D eigenvalue weighted by molar-refractivity contribution is 7.90. The average molecular weight is 430 g/mol. The maximum atomic E-state index is 13.2. The monoisotopic (exact) mass is 430 g/mol. The summed E-state index contributed by atoms with van der Waals surface area (Å²) in [7, 11) is -1.47. The lowest BCUT2D eigenvalue weighted by atomic mass is 9.93. The molecule has 0 radical (unpaired) electrons. The number of rotatable bonds is 6. The molecule has 0 unspecified atom stereocenters. The van der Waals surface area contributed by atoms with Gasteiger partial charge in [0.15, 0.2) is 0 Å². The highest BCUT2D eigenvalue weighted by atomic mass is 32.2. The summed E-state index contributed by atoms with van der Waals surface area (Å²) in [6.45, 7) is 1.71. The van der Waals surface area contributed by atoms with Crippen molar-refractivity contribution < 1.29 is 27.5 Å². The Labute approximate surface area is 174 Å². The van der Waals surface area contributed by atoms with E-state index in [4.69, 9.17) is 4.74 Å². The maximum absolute atomic E-state index is 13.2. The van der Waals surface area contributed by atoms with Gasteiger partial charge < -0.3 is 14.8 Å². The fraction of sp³-hybridized carbons (Fsp3) is 0.238. The molecule has 0 bridgehead atoms. The predicted octanol–water partition coefficient (Wildman–Crippen LogP) is 2.88. The zero-order valence-corrected chi connectivity index (χ0v) is 17.5. The topological polar surface area (TPSA) is 104 Å². The van der Waals surface area contributed by atoms with Crippen LogP contribution in [0.15, 0.2) is 65.7 Å². The fourth-order valence-corrected chi connectivity index (χ4v) is 4.72. The Hall–Kier alpha value is -3.33. The number of esters is 1. The first-order valence-corrected chi connectivity index (χ1v) is 10.6. The van der Waals surface area contributed by atoms with E-state index in [1.54, 1.807) is 49.4 Å². The van der Waals surface area contributed by atoms with E-state index in [2.05, 4.69) is 10.1 Å². The number of amides is 1. The number of carbonyl (C=O) groups excluding carboxylic acids is 2. The number of nitrogens with one attached hydrogen (secondary N) is 1. The SMILES string of the molecule is COC(=O)N[C@H](C(=O)OC)[C@@H](C)c1cn(S(=O)(=O)c2ccccc2)c2ccccc12. The van der Waals surface area contributed by atoms with E-state index < -0.39 is 34.0 Å². The normalized spacial score (nSPS) is 13.4. The number of alkyl carbamates (subject to hydrolysis) is 1. The number of nitrogens with zero attached hydrogens (tertiary/aromatic N) is 1. The van der Waals surface area contributed by atoms with E-state index in [9.17, 15) is 18.0 Å². The molecule has 0 fully saturated rings. The molecule has 1 amide bonds. The van der Waals surface area contributed by atoms with Gasteiger partial charge in [0, 0.05) is 17.5 Å². The first-order valence-electron chi connectivity index (χ1n) is 9.14. The molecule has 3 aromatic rings. The zero-order chi connectivity index (χ0) is 21.9. The lowest BCUT2D eigenvalue weighted by Crippen LogP contribution is -2.44. The van der Waals surface area contributed by atoms with Gasteiger partial charge in [0.25, 0.3) is 10.0 Å². The number of methoxy groups -OCH3 is 2. The van der Waals surface area contributed by atoms with Gasteiger partial charge >= 0.3 is 12.1 Å². The summed E-state index contributed by atoms with van der Waals surface area (Å²) in [4.78, 5) is 24.2. The quantitative estimate of drug-likeness (QED) is 0.603. The van der Waals surface area contributed by atoms with Crippen LogP contribution in [0.4, 0.5) is 4.79 Å². The predicted molar refractivity (Wildman–Crippen MR) is 111 cm³/mol. The van der Waals surface area contributed by atoms with E-state index in [0.717, 1.165) is 0 Å². The van der Waals surface area contributed by atoms with E-state index in [1.165, 1.54) is 36.5 Å². The molecule has 1 N–H and O–H groups in total. The summed E-state index contributed by atoms with van der Waals surface area (Å²) >= 11 is 0. The van der Waals surface area contributed by atoms with E-state index in [-0.39, 0.29) is 4.90 Å². The van der Waals surface area contributed by atoms with Gasteiger partial charge in [-0.3, -0.25) is 0 Å². The second kappa shape index (κ2) is 8.58. The maximum Gasteiger partial charge on any atom is 0.407 e. The van der Waals surface area contributed by atoms with Gasteiger partial charge in [-0.25, -0.2) is 22.0 Å². The molecule has 2 atom stereocenters. The van der Waals surface area contributed by atoms with Crippen LogP contribution in [0, 0.1) is 0 Å². The Morgan fingerprint density at radius 1 is 0.967 bits per heavy atom. The number of carbonyl (C=O) groups is 2. The van der Waals surface area contributed by atoms with Crippen molar-refractivity contribution in [2.24, 2.45) is 0 Å². The second-order valence-electron chi connectivity index (χ2n) is 6.64. The van der Waals surface area contributed by atoms with Crippen molar-refractivity contribution in [1.82, 2.24) is 9.29 Å². The van der Waals surface area contributed by atoms with Crippen molar-refractivity contribution in [3.8, 4) is 0 Å². The van der Waals surface area contributed by atoms with Gasteiger partial charge in [-0.05, 0) is 23.8 Å². The minimum Gasteiger partial charge on any atom is -0.467 e. The van der Waals surface area contributed by atoms with Gasteiger partial charge in [-0.1, -0.05) is 43.3 Å². The van der Waals surface area contributed by atoms with Crippen molar-refractivity contribution in [3.63, 3.8) is 0 Å². The number of hydrogen-bond acceptors (Lipinski definition) is 6. The molecule has 8 nitrogen and oxygen atoms in total. The molecule has 3 rings (SSSR count). The Morgan fingerprint density at radius 3 is 2.23 bits per heavy atom. The summed E-state index contributed by atoms with van der Waals surface area (Å²) in [6.07, 6.45) is 0.685. The second-order valence-corrected chi connectivity index (χ2v) is 8.46. The highest BCUT2D eigenvalue weighted by Crippen LogP contribution is 2.32. The molecule has 0 aliphatic heterocycles. The van der Waals surface area contributed by atoms with Crippen molar-refractivity contribution in [2.45, 2.75) is 23.8 Å². The van der Waals surface area contributed by atoms with Gasteiger partial charge in [-0.2, -0.15) is 0 Å². The van der Waals surface area contributed by atoms with Crippen molar-refractivity contribution in [1.29, 1.82) is 0 Å². The Kier molecular flexibility index (Phi) is 6.12. The van der Waals surface area contributed by atoms with Crippen LogP contribution in [0.3, 0.4) is 0 Å². The number of benzene rings is 2. The molecule has 9 heteroatoms. The summed E-state index contributed by atoms with van der Waals surface area (Å²) in [5.74, 6) is -1.27. The third kappa shape index (κ3) is 3.88. The first kappa shape index (κ1) is 21.4. The molecular weight excluding hydrogens is 408 g/mol. The third-order valence-electron chi connectivity index (χ3n) is 4.91. The van der Waals surface area contributed by atoms with Gasteiger partial charge in [-0.15, -0.1) is 0 Å². The van der Waals surface area contributed by atoms with Crippen LogP contribution in [0.1, 0.15) is 18.4 Å². The fourth-order valence-electron chi connectivity index (χ4n) is 3.32. The standard InChI is InChI=1S/C21H22N2O6S/c1-14(19(20(24)28-2)22-21(25)29-3)17-13-23(18-12-8-7-11-16(17)18)30(26,27)15-9-5-4-6-10-15/h4-14,19H,1-3H3,(H,22,25)/t14-,19-/m0/s1.